The van der Waals surface area contributed by atoms with Gasteiger partial charge in [0.05, 0.1) is 6.10 Å². The lowest BCUT2D eigenvalue weighted by molar-refractivity contribution is -0.129. The first kappa shape index (κ1) is 18.4. The molecule has 0 fully saturated rings. The van der Waals surface area contributed by atoms with E-state index < -0.39 is 0 Å². The number of unbranched alkanes of at least 4 members (excludes halogenated alkanes) is 5. The minimum absolute atomic E-state index is 0.0857. The molecule has 0 aromatic carbocycles. The quantitative estimate of drug-likeness (QED) is 0.612. The highest BCUT2D eigenvalue weighted by atomic mass is 16.5. The van der Waals surface area contributed by atoms with E-state index in [0.717, 1.165) is 13.0 Å². The second-order valence-corrected chi connectivity index (χ2v) is 6.41. The maximum atomic E-state index is 11.7. The van der Waals surface area contributed by atoms with E-state index in [-0.39, 0.29) is 17.4 Å². The normalized spacial score (nSPS) is 13.3. The summed E-state index contributed by atoms with van der Waals surface area (Å²) in [5.74, 6) is 0.0857. The Hall–Kier alpha value is -0.570. The average Bonchev–Trinajstić information content (AvgIpc) is 2.33. The van der Waals surface area contributed by atoms with Gasteiger partial charge in [0, 0.05) is 18.6 Å². The SMILES string of the molecule is CCCCCCCCOC(C)CNC(=O)C(C)(C)C. The van der Waals surface area contributed by atoms with Gasteiger partial charge in [0.25, 0.3) is 0 Å². The lowest BCUT2D eigenvalue weighted by Crippen LogP contribution is -2.39. The van der Waals surface area contributed by atoms with Crippen molar-refractivity contribution in [2.75, 3.05) is 13.2 Å². The van der Waals surface area contributed by atoms with Crippen LogP contribution in [0.5, 0.6) is 0 Å². The first-order valence-electron chi connectivity index (χ1n) is 7.77. The molecule has 114 valence electrons. The van der Waals surface area contributed by atoms with Crippen molar-refractivity contribution in [1.82, 2.24) is 5.32 Å². The maximum Gasteiger partial charge on any atom is 0.225 e. The van der Waals surface area contributed by atoms with Crippen LogP contribution in [0, 0.1) is 5.41 Å². The highest BCUT2D eigenvalue weighted by molar-refractivity contribution is 5.81. The molecule has 0 saturated heterocycles. The van der Waals surface area contributed by atoms with Gasteiger partial charge in [-0.2, -0.15) is 0 Å². The fraction of sp³-hybridized carbons (Fsp3) is 0.938. The molecular weight excluding hydrogens is 238 g/mol. The van der Waals surface area contributed by atoms with Crippen LogP contribution in [-0.4, -0.2) is 25.2 Å². The summed E-state index contributed by atoms with van der Waals surface area (Å²) in [6, 6.07) is 0. The monoisotopic (exact) mass is 271 g/mol. The molecule has 1 amide bonds. The van der Waals surface area contributed by atoms with Crippen molar-refractivity contribution in [3.8, 4) is 0 Å². The molecule has 0 aliphatic rings. The summed E-state index contributed by atoms with van der Waals surface area (Å²) in [7, 11) is 0. The molecular formula is C16H33NO2. The molecule has 3 heteroatoms. The third-order valence-corrected chi connectivity index (χ3v) is 3.13. The fourth-order valence-electron chi connectivity index (χ4n) is 1.73. The number of hydrogen-bond donors (Lipinski definition) is 1. The third kappa shape index (κ3) is 11.0. The van der Waals surface area contributed by atoms with Gasteiger partial charge in [0.15, 0.2) is 0 Å². The van der Waals surface area contributed by atoms with Crippen molar-refractivity contribution in [3.05, 3.63) is 0 Å². The van der Waals surface area contributed by atoms with Crippen molar-refractivity contribution in [2.45, 2.75) is 79.2 Å². The van der Waals surface area contributed by atoms with Gasteiger partial charge in [-0.25, -0.2) is 0 Å². The Bertz CT molecular complexity index is 233. The van der Waals surface area contributed by atoms with Crippen molar-refractivity contribution in [1.29, 1.82) is 0 Å². The molecule has 1 unspecified atom stereocenters. The molecule has 0 aromatic heterocycles. The zero-order chi connectivity index (χ0) is 14.7. The van der Waals surface area contributed by atoms with E-state index in [1.54, 1.807) is 0 Å². The van der Waals surface area contributed by atoms with E-state index in [4.69, 9.17) is 4.74 Å². The molecule has 0 saturated carbocycles. The van der Waals surface area contributed by atoms with Crippen LogP contribution < -0.4 is 5.32 Å². The van der Waals surface area contributed by atoms with Gasteiger partial charge in [-0.05, 0) is 13.3 Å². The molecule has 1 N–H and O–H groups in total. The van der Waals surface area contributed by atoms with Gasteiger partial charge in [0.2, 0.25) is 5.91 Å². The van der Waals surface area contributed by atoms with Crippen LogP contribution in [0.2, 0.25) is 0 Å². The van der Waals surface area contributed by atoms with Crippen LogP contribution in [-0.2, 0) is 9.53 Å². The number of carbonyl (C=O) groups is 1. The Labute approximate surface area is 119 Å². The number of nitrogens with one attached hydrogen (secondary N) is 1. The van der Waals surface area contributed by atoms with Crippen LogP contribution in [0.1, 0.15) is 73.1 Å². The summed E-state index contributed by atoms with van der Waals surface area (Å²) in [5, 5.41) is 2.93. The Balaban J connectivity index is 3.45. The number of amides is 1. The van der Waals surface area contributed by atoms with Crippen molar-refractivity contribution in [3.63, 3.8) is 0 Å². The molecule has 0 bridgehead atoms. The van der Waals surface area contributed by atoms with Gasteiger partial charge in [-0.15, -0.1) is 0 Å². The van der Waals surface area contributed by atoms with Crippen LogP contribution in [0.15, 0.2) is 0 Å². The molecule has 0 aromatic rings. The maximum absolute atomic E-state index is 11.7. The lowest BCUT2D eigenvalue weighted by Gasteiger charge is -2.20. The number of rotatable bonds is 10. The van der Waals surface area contributed by atoms with Crippen molar-refractivity contribution >= 4 is 5.91 Å². The standard InChI is InChI=1S/C16H33NO2/c1-6-7-8-9-10-11-12-19-14(2)13-17-15(18)16(3,4)5/h14H,6-13H2,1-5H3,(H,17,18). The van der Waals surface area contributed by atoms with Crippen LogP contribution in [0.3, 0.4) is 0 Å². The predicted molar refractivity (Wildman–Crippen MR) is 81.3 cm³/mol. The summed E-state index contributed by atoms with van der Waals surface area (Å²) < 4.78 is 5.70. The number of carbonyl (C=O) groups excluding carboxylic acids is 1. The minimum Gasteiger partial charge on any atom is -0.377 e. The molecule has 0 aliphatic heterocycles. The van der Waals surface area contributed by atoms with Crippen molar-refractivity contribution in [2.24, 2.45) is 5.41 Å². The first-order chi connectivity index (χ1) is 8.88. The summed E-state index contributed by atoms with van der Waals surface area (Å²) in [5.41, 5.74) is -0.320. The Morgan fingerprint density at radius 3 is 2.26 bits per heavy atom. The van der Waals surface area contributed by atoms with Gasteiger partial charge in [0.1, 0.15) is 0 Å². The largest absolute Gasteiger partial charge is 0.377 e. The fourth-order valence-corrected chi connectivity index (χ4v) is 1.73. The molecule has 0 aliphatic carbocycles. The van der Waals surface area contributed by atoms with E-state index in [9.17, 15) is 4.79 Å². The van der Waals surface area contributed by atoms with Crippen LogP contribution in [0.4, 0.5) is 0 Å². The topological polar surface area (TPSA) is 38.3 Å². The molecule has 0 radical (unpaired) electrons. The van der Waals surface area contributed by atoms with Crippen LogP contribution >= 0.6 is 0 Å². The molecule has 3 nitrogen and oxygen atoms in total. The summed E-state index contributed by atoms with van der Waals surface area (Å²) in [6.45, 7) is 11.4. The Kier molecular flexibility index (Phi) is 9.94. The van der Waals surface area contributed by atoms with Crippen LogP contribution in [0.25, 0.3) is 0 Å². The van der Waals surface area contributed by atoms with E-state index in [2.05, 4.69) is 12.2 Å². The second-order valence-electron chi connectivity index (χ2n) is 6.41. The third-order valence-electron chi connectivity index (χ3n) is 3.13. The summed E-state index contributed by atoms with van der Waals surface area (Å²) >= 11 is 0. The van der Waals surface area contributed by atoms with Gasteiger partial charge >= 0.3 is 0 Å². The van der Waals surface area contributed by atoms with E-state index in [0.29, 0.717) is 6.54 Å². The molecule has 19 heavy (non-hydrogen) atoms. The average molecular weight is 271 g/mol. The van der Waals surface area contributed by atoms with Gasteiger partial charge < -0.3 is 10.1 Å². The summed E-state index contributed by atoms with van der Waals surface area (Å²) in [6.07, 6.45) is 7.77. The van der Waals surface area contributed by atoms with Gasteiger partial charge in [-0.1, -0.05) is 59.8 Å². The lowest BCUT2D eigenvalue weighted by atomic mass is 9.96. The summed E-state index contributed by atoms with van der Waals surface area (Å²) in [4.78, 5) is 11.7. The smallest absolute Gasteiger partial charge is 0.225 e. The Morgan fingerprint density at radius 1 is 1.11 bits per heavy atom. The predicted octanol–water partition coefficient (Wildman–Crippen LogP) is 3.91. The minimum atomic E-state index is -0.320. The zero-order valence-electron chi connectivity index (χ0n) is 13.6. The molecule has 0 spiro atoms. The number of ether oxygens (including phenoxy) is 1. The van der Waals surface area contributed by atoms with E-state index >= 15 is 0 Å². The van der Waals surface area contributed by atoms with Crippen molar-refractivity contribution < 1.29 is 9.53 Å². The second kappa shape index (κ2) is 10.2. The Morgan fingerprint density at radius 2 is 1.68 bits per heavy atom. The highest BCUT2D eigenvalue weighted by Gasteiger charge is 2.21. The first-order valence-corrected chi connectivity index (χ1v) is 7.77. The van der Waals surface area contributed by atoms with E-state index in [1.165, 1.54) is 32.1 Å². The highest BCUT2D eigenvalue weighted by Crippen LogP contribution is 2.12. The number of hydrogen-bond acceptors (Lipinski definition) is 2. The van der Waals surface area contributed by atoms with E-state index in [1.807, 2.05) is 27.7 Å². The van der Waals surface area contributed by atoms with Gasteiger partial charge in [-0.3, -0.25) is 4.79 Å². The molecule has 0 heterocycles. The molecule has 0 rings (SSSR count). The zero-order valence-corrected chi connectivity index (χ0v) is 13.6. The molecule has 1 atom stereocenters.